The summed E-state index contributed by atoms with van der Waals surface area (Å²) in [6.07, 6.45) is 6.69. The molecule has 2 unspecified atom stereocenters. The molecule has 2 rings (SSSR count). The Kier molecular flexibility index (Phi) is 10.6. The highest BCUT2D eigenvalue weighted by molar-refractivity contribution is 7.99. The van der Waals surface area contributed by atoms with Crippen molar-refractivity contribution in [2.24, 2.45) is 5.41 Å². The first-order chi connectivity index (χ1) is 16.2. The highest BCUT2D eigenvalue weighted by Gasteiger charge is 2.42. The second-order valence-corrected chi connectivity index (χ2v) is 10.1. The van der Waals surface area contributed by atoms with Crippen LogP contribution >= 0.6 is 11.8 Å². The standard InChI is InChI=1S/C28H38O5S/c1-7-8-9-17-34-18-16-33-23-12-10-22(11-13-23)24(29)14-15-28(5)21(4)19(2)25(27(30)31)20(3)26(28)32-6/h10-15,26H,7-9,16-18H2,1-6H3,(H,30,31). The molecule has 0 aliphatic heterocycles. The summed E-state index contributed by atoms with van der Waals surface area (Å²) < 4.78 is 11.5. The van der Waals surface area contributed by atoms with Gasteiger partial charge in [0.2, 0.25) is 0 Å². The van der Waals surface area contributed by atoms with Crippen molar-refractivity contribution < 1.29 is 24.2 Å². The first-order valence-corrected chi connectivity index (χ1v) is 13.0. The van der Waals surface area contributed by atoms with Crippen LogP contribution < -0.4 is 4.74 Å². The first-order valence-electron chi connectivity index (χ1n) is 11.9. The van der Waals surface area contributed by atoms with Gasteiger partial charge in [0.15, 0.2) is 5.78 Å². The zero-order valence-electron chi connectivity index (χ0n) is 21.3. The number of unbranched alkanes of at least 4 members (excludes halogenated alkanes) is 2. The van der Waals surface area contributed by atoms with Crippen molar-refractivity contribution in [3.8, 4) is 5.75 Å². The van der Waals surface area contributed by atoms with Crippen molar-refractivity contribution >= 4 is 23.5 Å². The van der Waals surface area contributed by atoms with Gasteiger partial charge in [-0.05, 0) is 81.4 Å². The number of carboxylic acids is 1. The Hall–Kier alpha value is -2.31. The van der Waals surface area contributed by atoms with Crippen molar-refractivity contribution in [2.75, 3.05) is 25.2 Å². The number of aliphatic carboxylic acids is 1. The fraction of sp³-hybridized carbons (Fsp3) is 0.500. The van der Waals surface area contributed by atoms with Gasteiger partial charge in [-0.25, -0.2) is 4.79 Å². The second kappa shape index (κ2) is 13.0. The quantitative estimate of drug-likeness (QED) is 0.195. The number of methoxy groups -OCH3 is 1. The maximum absolute atomic E-state index is 12.9. The number of hydrogen-bond donors (Lipinski definition) is 1. The van der Waals surface area contributed by atoms with Crippen molar-refractivity contribution in [3.05, 3.63) is 64.3 Å². The molecule has 1 N–H and O–H groups in total. The summed E-state index contributed by atoms with van der Waals surface area (Å²) in [5.41, 5.74) is 2.47. The molecule has 1 aromatic rings. The summed E-state index contributed by atoms with van der Waals surface area (Å²) >= 11 is 1.91. The molecule has 34 heavy (non-hydrogen) atoms. The van der Waals surface area contributed by atoms with Crippen LogP contribution in [0.2, 0.25) is 0 Å². The predicted molar refractivity (Wildman–Crippen MR) is 140 cm³/mol. The fourth-order valence-electron chi connectivity index (χ4n) is 4.46. The van der Waals surface area contributed by atoms with Crippen LogP contribution in [0.4, 0.5) is 0 Å². The first kappa shape index (κ1) is 27.9. The van der Waals surface area contributed by atoms with Crippen LogP contribution in [0.5, 0.6) is 5.75 Å². The monoisotopic (exact) mass is 486 g/mol. The van der Waals surface area contributed by atoms with Gasteiger partial charge >= 0.3 is 5.97 Å². The van der Waals surface area contributed by atoms with Gasteiger partial charge in [-0.15, -0.1) is 0 Å². The Morgan fingerprint density at radius 1 is 1.12 bits per heavy atom. The molecule has 1 aliphatic carbocycles. The van der Waals surface area contributed by atoms with E-state index in [1.54, 1.807) is 32.2 Å². The summed E-state index contributed by atoms with van der Waals surface area (Å²) in [4.78, 5) is 24.6. The van der Waals surface area contributed by atoms with E-state index in [1.807, 2.05) is 50.7 Å². The SMILES string of the molecule is CCCCCSCCOc1ccc(C(=O)C=CC2(C)C(C)=C(C)C(C(=O)O)=C(C)C2OC)cc1. The lowest BCUT2D eigenvalue weighted by molar-refractivity contribution is -0.132. The molecule has 5 nitrogen and oxygen atoms in total. The van der Waals surface area contributed by atoms with E-state index >= 15 is 0 Å². The Morgan fingerprint density at radius 2 is 1.79 bits per heavy atom. The number of hydrogen-bond acceptors (Lipinski definition) is 5. The molecule has 186 valence electrons. The van der Waals surface area contributed by atoms with E-state index in [0.29, 0.717) is 23.3 Å². The summed E-state index contributed by atoms with van der Waals surface area (Å²) in [7, 11) is 1.57. The third-order valence-corrected chi connectivity index (χ3v) is 7.67. The molecule has 6 heteroatoms. The summed E-state index contributed by atoms with van der Waals surface area (Å²) in [6, 6.07) is 7.19. The predicted octanol–water partition coefficient (Wildman–Crippen LogP) is 6.50. The molecule has 0 radical (unpaired) electrons. The molecule has 1 aliphatic rings. The van der Waals surface area contributed by atoms with E-state index in [0.717, 1.165) is 17.1 Å². The van der Waals surface area contributed by atoms with E-state index in [4.69, 9.17) is 9.47 Å². The zero-order valence-corrected chi connectivity index (χ0v) is 22.1. The number of ether oxygens (including phenoxy) is 2. The maximum atomic E-state index is 12.9. The summed E-state index contributed by atoms with van der Waals surface area (Å²) in [5.74, 6) is 1.79. The number of carbonyl (C=O) groups excluding carboxylic acids is 1. The number of rotatable bonds is 13. The van der Waals surface area contributed by atoms with Crippen LogP contribution in [0.15, 0.2) is 58.7 Å². The molecule has 0 fully saturated rings. The molecule has 1 aromatic carbocycles. The van der Waals surface area contributed by atoms with E-state index in [2.05, 4.69) is 6.92 Å². The molecule has 0 spiro atoms. The van der Waals surface area contributed by atoms with Crippen LogP contribution in [-0.2, 0) is 9.53 Å². The van der Waals surface area contributed by atoms with Crippen molar-refractivity contribution in [3.63, 3.8) is 0 Å². The maximum Gasteiger partial charge on any atom is 0.335 e. The third-order valence-electron chi connectivity index (χ3n) is 6.64. The largest absolute Gasteiger partial charge is 0.493 e. The lowest BCUT2D eigenvalue weighted by Gasteiger charge is -2.41. The minimum absolute atomic E-state index is 0.120. The van der Waals surface area contributed by atoms with E-state index in [1.165, 1.54) is 25.0 Å². The minimum atomic E-state index is -0.962. The highest BCUT2D eigenvalue weighted by atomic mass is 32.2. The Labute approximate surface area is 208 Å². The smallest absolute Gasteiger partial charge is 0.335 e. The molecule has 0 saturated carbocycles. The number of carbonyl (C=O) groups is 2. The van der Waals surface area contributed by atoms with Gasteiger partial charge < -0.3 is 14.6 Å². The van der Waals surface area contributed by atoms with Crippen molar-refractivity contribution in [1.29, 1.82) is 0 Å². The van der Waals surface area contributed by atoms with Gasteiger partial charge in [0.25, 0.3) is 0 Å². The second-order valence-electron chi connectivity index (χ2n) is 8.90. The molecule has 0 amide bonds. The molecular formula is C28H38O5S. The van der Waals surface area contributed by atoms with Crippen LogP contribution in [0.1, 0.15) is 64.2 Å². The Bertz CT molecular complexity index is 958. The third kappa shape index (κ3) is 6.63. The van der Waals surface area contributed by atoms with Gasteiger partial charge in [-0.2, -0.15) is 11.8 Å². The topological polar surface area (TPSA) is 72.8 Å². The highest BCUT2D eigenvalue weighted by Crippen LogP contribution is 2.45. The lowest BCUT2D eigenvalue weighted by atomic mass is 9.67. The minimum Gasteiger partial charge on any atom is -0.493 e. The van der Waals surface area contributed by atoms with Crippen molar-refractivity contribution in [1.82, 2.24) is 0 Å². The number of ketones is 1. The molecule has 0 bridgehead atoms. The van der Waals surface area contributed by atoms with Gasteiger partial charge in [0.1, 0.15) is 5.75 Å². The van der Waals surface area contributed by atoms with E-state index in [9.17, 15) is 14.7 Å². The average molecular weight is 487 g/mol. The van der Waals surface area contributed by atoms with E-state index < -0.39 is 17.5 Å². The average Bonchev–Trinajstić information content (AvgIpc) is 2.81. The summed E-state index contributed by atoms with van der Waals surface area (Å²) in [6.45, 7) is 10.3. The lowest BCUT2D eigenvalue weighted by Crippen LogP contribution is -2.39. The number of benzene rings is 1. The van der Waals surface area contributed by atoms with Gasteiger partial charge in [0.05, 0.1) is 18.3 Å². The van der Waals surface area contributed by atoms with Crippen LogP contribution in [0.25, 0.3) is 0 Å². The number of allylic oxidation sites excluding steroid dienone is 1. The molecule has 0 heterocycles. The molecule has 0 saturated heterocycles. The molecule has 2 atom stereocenters. The van der Waals surface area contributed by atoms with Gasteiger partial charge in [-0.3, -0.25) is 4.79 Å². The fourth-order valence-corrected chi connectivity index (χ4v) is 5.28. The molecule has 0 aromatic heterocycles. The van der Waals surface area contributed by atoms with Gasteiger partial charge in [-0.1, -0.05) is 31.4 Å². The van der Waals surface area contributed by atoms with E-state index in [-0.39, 0.29) is 11.4 Å². The van der Waals surface area contributed by atoms with Crippen LogP contribution in [0.3, 0.4) is 0 Å². The van der Waals surface area contributed by atoms with Crippen LogP contribution in [0, 0.1) is 5.41 Å². The van der Waals surface area contributed by atoms with Crippen LogP contribution in [-0.4, -0.2) is 48.2 Å². The number of thioether (sulfide) groups is 1. The normalized spacial score (nSPS) is 20.8. The Balaban J connectivity index is 2.05. The Morgan fingerprint density at radius 3 is 2.38 bits per heavy atom. The number of carboxylic acid groups (broad SMARTS) is 1. The zero-order chi connectivity index (χ0) is 25.3. The van der Waals surface area contributed by atoms with Gasteiger partial charge in [0, 0.05) is 23.8 Å². The summed E-state index contributed by atoms with van der Waals surface area (Å²) in [5, 5.41) is 9.65. The van der Waals surface area contributed by atoms with Crippen molar-refractivity contribution in [2.45, 2.75) is 60.0 Å². The molecular weight excluding hydrogens is 448 g/mol.